The van der Waals surface area contributed by atoms with Crippen LogP contribution in [0.4, 0.5) is 0 Å². The molecule has 0 radical (unpaired) electrons. The Kier molecular flexibility index (Phi) is 5.96. The quantitative estimate of drug-likeness (QED) is 0.754. The molecule has 0 atom stereocenters. The van der Waals surface area contributed by atoms with Crippen molar-refractivity contribution in [1.29, 1.82) is 0 Å². The molecule has 0 spiro atoms. The number of aromatic nitrogens is 2. The van der Waals surface area contributed by atoms with Crippen molar-refractivity contribution in [2.45, 2.75) is 37.1 Å². The van der Waals surface area contributed by atoms with Crippen LogP contribution in [0.3, 0.4) is 0 Å². The molecule has 5 heteroatoms. The van der Waals surface area contributed by atoms with Gasteiger partial charge < -0.3 is 4.90 Å². The first-order valence-electron chi connectivity index (χ1n) is 8.63. The molecule has 1 aliphatic rings. The summed E-state index contributed by atoms with van der Waals surface area (Å²) in [7, 11) is 0. The Morgan fingerprint density at radius 3 is 2.62 bits per heavy atom. The molecule has 1 fully saturated rings. The van der Waals surface area contributed by atoms with E-state index in [-0.39, 0.29) is 5.91 Å². The number of amides is 1. The lowest BCUT2D eigenvalue weighted by Gasteiger charge is -2.32. The van der Waals surface area contributed by atoms with Crippen LogP contribution >= 0.6 is 11.8 Å². The molecule has 1 saturated heterocycles. The number of hydrogen-bond acceptors (Lipinski definition) is 3. The van der Waals surface area contributed by atoms with Gasteiger partial charge in [0.2, 0.25) is 5.91 Å². The molecule has 0 aliphatic carbocycles. The molecular formula is C19H25N3OS. The van der Waals surface area contributed by atoms with Gasteiger partial charge in [-0.05, 0) is 55.2 Å². The lowest BCUT2D eigenvalue weighted by atomic mass is 9.93. The third kappa shape index (κ3) is 4.63. The minimum absolute atomic E-state index is 0.262. The molecule has 0 bridgehead atoms. The molecule has 1 aromatic heterocycles. The third-order valence-corrected chi connectivity index (χ3v) is 5.55. The number of likely N-dealkylation sites (tertiary alicyclic amines) is 1. The molecule has 1 amide bonds. The monoisotopic (exact) mass is 343 g/mol. The maximum Gasteiger partial charge on any atom is 0.226 e. The Morgan fingerprint density at radius 1 is 1.25 bits per heavy atom. The summed E-state index contributed by atoms with van der Waals surface area (Å²) in [5, 5.41) is 4.25. The van der Waals surface area contributed by atoms with Crippen LogP contribution in [0.2, 0.25) is 0 Å². The van der Waals surface area contributed by atoms with Crippen molar-refractivity contribution in [2.24, 2.45) is 5.92 Å². The van der Waals surface area contributed by atoms with Crippen LogP contribution in [-0.4, -0.2) is 39.9 Å². The molecular weight excluding hydrogens is 318 g/mol. The Labute approximate surface area is 148 Å². The Balaban J connectivity index is 1.42. The molecule has 1 aromatic carbocycles. The van der Waals surface area contributed by atoms with Gasteiger partial charge in [-0.25, -0.2) is 0 Å². The Bertz CT molecular complexity index is 631. The summed E-state index contributed by atoms with van der Waals surface area (Å²) in [6, 6.07) is 10.3. The zero-order valence-corrected chi connectivity index (χ0v) is 15.0. The van der Waals surface area contributed by atoms with Gasteiger partial charge in [0.15, 0.2) is 0 Å². The summed E-state index contributed by atoms with van der Waals surface area (Å²) < 4.78 is 2.00. The zero-order chi connectivity index (χ0) is 16.8. The number of thioether (sulfide) groups is 1. The topological polar surface area (TPSA) is 38.1 Å². The normalized spacial score (nSPS) is 15.6. The summed E-state index contributed by atoms with van der Waals surface area (Å²) in [5.41, 5.74) is 1.11. The van der Waals surface area contributed by atoms with E-state index in [9.17, 15) is 4.79 Å². The number of hydrogen-bond donors (Lipinski definition) is 0. The first-order chi connectivity index (χ1) is 11.7. The second-order valence-corrected chi connectivity index (χ2v) is 7.29. The fraction of sp³-hybridized carbons (Fsp3) is 0.474. The average molecular weight is 343 g/mol. The van der Waals surface area contributed by atoms with Crippen LogP contribution in [-0.2, 0) is 17.8 Å². The van der Waals surface area contributed by atoms with Gasteiger partial charge in [-0.15, -0.1) is 11.8 Å². The smallest absolute Gasteiger partial charge is 0.226 e. The van der Waals surface area contributed by atoms with Gasteiger partial charge in [-0.2, -0.15) is 5.10 Å². The zero-order valence-electron chi connectivity index (χ0n) is 14.2. The molecule has 0 N–H and O–H groups in total. The van der Waals surface area contributed by atoms with Crippen LogP contribution in [0.1, 0.15) is 24.8 Å². The predicted octanol–water partition coefficient (Wildman–Crippen LogP) is 3.48. The first-order valence-corrected chi connectivity index (χ1v) is 9.85. The van der Waals surface area contributed by atoms with Crippen molar-refractivity contribution in [3.63, 3.8) is 0 Å². The minimum Gasteiger partial charge on any atom is -0.342 e. The minimum atomic E-state index is 0.262. The van der Waals surface area contributed by atoms with E-state index in [1.807, 2.05) is 28.0 Å². The Hall–Kier alpha value is -1.75. The van der Waals surface area contributed by atoms with Gasteiger partial charge in [0.25, 0.3) is 0 Å². The molecule has 3 rings (SSSR count). The lowest BCUT2D eigenvalue weighted by molar-refractivity contribution is -0.131. The molecule has 2 aromatic rings. The molecule has 4 nitrogen and oxygen atoms in total. The fourth-order valence-corrected chi connectivity index (χ4v) is 3.66. The van der Waals surface area contributed by atoms with Crippen LogP contribution in [0.25, 0.3) is 0 Å². The maximum absolute atomic E-state index is 12.5. The highest BCUT2D eigenvalue weighted by Crippen LogP contribution is 2.22. The van der Waals surface area contributed by atoms with Crippen LogP contribution in [0.5, 0.6) is 0 Å². The molecule has 128 valence electrons. The largest absolute Gasteiger partial charge is 0.342 e. The van der Waals surface area contributed by atoms with E-state index in [2.05, 4.69) is 35.6 Å². The van der Waals surface area contributed by atoms with Crippen molar-refractivity contribution < 1.29 is 4.79 Å². The highest BCUT2D eigenvalue weighted by atomic mass is 32.2. The summed E-state index contributed by atoms with van der Waals surface area (Å²) in [6.07, 6.45) is 9.80. The fourth-order valence-electron chi connectivity index (χ4n) is 3.25. The van der Waals surface area contributed by atoms with E-state index in [1.54, 1.807) is 11.8 Å². The molecule has 24 heavy (non-hydrogen) atoms. The van der Waals surface area contributed by atoms with Crippen LogP contribution in [0, 0.1) is 5.92 Å². The molecule has 1 aliphatic heterocycles. The van der Waals surface area contributed by atoms with Gasteiger partial charge >= 0.3 is 0 Å². The standard InChI is InChI=1S/C19H25N3OS/c1-24-18-5-3-17(4-6-18)15-19(23)21-12-7-16(8-13-21)9-14-22-11-2-10-20-22/h2-6,10-11,16H,7-9,12-15H2,1H3. The van der Waals surface area contributed by atoms with Gasteiger partial charge in [-0.1, -0.05) is 12.1 Å². The first kappa shape index (κ1) is 17.1. The SMILES string of the molecule is CSc1ccc(CC(=O)N2CCC(CCn3cccn3)CC2)cc1. The van der Waals surface area contributed by atoms with Gasteiger partial charge in [0.05, 0.1) is 6.42 Å². The number of rotatable bonds is 6. The van der Waals surface area contributed by atoms with Crippen molar-refractivity contribution in [3.8, 4) is 0 Å². The van der Waals surface area contributed by atoms with E-state index in [4.69, 9.17) is 0 Å². The van der Waals surface area contributed by atoms with Crippen molar-refractivity contribution in [1.82, 2.24) is 14.7 Å². The number of piperidine rings is 1. The number of carbonyl (C=O) groups excluding carboxylic acids is 1. The summed E-state index contributed by atoms with van der Waals surface area (Å²) >= 11 is 1.73. The second kappa shape index (κ2) is 8.38. The third-order valence-electron chi connectivity index (χ3n) is 4.81. The van der Waals surface area contributed by atoms with E-state index in [0.29, 0.717) is 12.3 Å². The Morgan fingerprint density at radius 2 is 2.00 bits per heavy atom. The van der Waals surface area contributed by atoms with Crippen molar-refractivity contribution in [2.75, 3.05) is 19.3 Å². The van der Waals surface area contributed by atoms with Crippen molar-refractivity contribution >= 4 is 17.7 Å². The number of carbonyl (C=O) groups is 1. The van der Waals surface area contributed by atoms with Gasteiger partial charge in [-0.3, -0.25) is 9.48 Å². The molecule has 0 saturated carbocycles. The predicted molar refractivity (Wildman–Crippen MR) is 98.1 cm³/mol. The molecule has 2 heterocycles. The van der Waals surface area contributed by atoms with Crippen LogP contribution in [0.15, 0.2) is 47.6 Å². The highest BCUT2D eigenvalue weighted by molar-refractivity contribution is 7.98. The summed E-state index contributed by atoms with van der Waals surface area (Å²) in [6.45, 7) is 2.77. The van der Waals surface area contributed by atoms with Crippen molar-refractivity contribution in [3.05, 3.63) is 48.3 Å². The summed E-state index contributed by atoms with van der Waals surface area (Å²) in [4.78, 5) is 15.8. The average Bonchev–Trinajstić information content (AvgIpc) is 3.14. The maximum atomic E-state index is 12.5. The highest BCUT2D eigenvalue weighted by Gasteiger charge is 2.22. The second-order valence-electron chi connectivity index (χ2n) is 6.41. The van der Waals surface area contributed by atoms with E-state index in [1.165, 1.54) is 4.90 Å². The number of nitrogens with zero attached hydrogens (tertiary/aromatic N) is 3. The lowest BCUT2D eigenvalue weighted by Crippen LogP contribution is -2.39. The van der Waals surface area contributed by atoms with Crippen LogP contribution < -0.4 is 0 Å². The number of benzene rings is 1. The van der Waals surface area contributed by atoms with Gasteiger partial charge in [0, 0.05) is 36.9 Å². The van der Waals surface area contributed by atoms with E-state index < -0.39 is 0 Å². The van der Waals surface area contributed by atoms with E-state index in [0.717, 1.165) is 44.5 Å². The van der Waals surface area contributed by atoms with E-state index >= 15 is 0 Å². The summed E-state index contributed by atoms with van der Waals surface area (Å²) in [5.74, 6) is 0.969. The number of aryl methyl sites for hydroxylation is 1. The van der Waals surface area contributed by atoms with Gasteiger partial charge in [0.1, 0.15) is 0 Å². The molecule has 0 unspecified atom stereocenters.